The number of benzene rings is 1. The van der Waals surface area contributed by atoms with Gasteiger partial charge in [-0.15, -0.1) is 0 Å². The smallest absolute Gasteiger partial charge is 0.151 e. The SMILES string of the molecule is Cc1ccc2c(c1)CC(CSC(=N)N)O2. The van der Waals surface area contributed by atoms with Gasteiger partial charge in [-0.25, -0.2) is 0 Å². The first-order chi connectivity index (χ1) is 7.15. The molecule has 1 aliphatic rings. The van der Waals surface area contributed by atoms with Crippen LogP contribution in [0.1, 0.15) is 11.1 Å². The standard InChI is InChI=1S/C11H14N2OS/c1-7-2-3-10-8(4-7)5-9(14-10)6-15-11(12)13/h2-4,9H,5-6H2,1H3,(H3,12,13). The molecule has 2 rings (SSSR count). The number of fused-ring (bicyclic) bond motifs is 1. The van der Waals surface area contributed by atoms with Crippen LogP contribution >= 0.6 is 11.8 Å². The highest BCUT2D eigenvalue weighted by Gasteiger charge is 2.22. The van der Waals surface area contributed by atoms with E-state index in [1.165, 1.54) is 22.9 Å². The molecule has 0 fully saturated rings. The van der Waals surface area contributed by atoms with E-state index in [1.54, 1.807) is 0 Å². The minimum absolute atomic E-state index is 0.158. The van der Waals surface area contributed by atoms with E-state index in [4.69, 9.17) is 15.9 Å². The lowest BCUT2D eigenvalue weighted by molar-refractivity contribution is 0.259. The Morgan fingerprint density at radius 3 is 3.20 bits per heavy atom. The second-order valence-corrected chi connectivity index (χ2v) is 4.79. The average Bonchev–Trinajstić information content (AvgIpc) is 2.56. The molecule has 1 aliphatic heterocycles. The van der Waals surface area contributed by atoms with Crippen molar-refractivity contribution in [2.75, 3.05) is 5.75 Å². The number of hydrogen-bond donors (Lipinski definition) is 2. The first-order valence-electron chi connectivity index (χ1n) is 4.88. The van der Waals surface area contributed by atoms with E-state index < -0.39 is 0 Å². The number of aryl methyl sites for hydroxylation is 1. The largest absolute Gasteiger partial charge is 0.489 e. The maximum Gasteiger partial charge on any atom is 0.151 e. The molecule has 0 saturated heterocycles. The maximum atomic E-state index is 7.14. The molecule has 1 aromatic rings. The Hall–Kier alpha value is -1.16. The first kappa shape index (κ1) is 10.4. The van der Waals surface area contributed by atoms with E-state index in [-0.39, 0.29) is 11.3 Å². The van der Waals surface area contributed by atoms with Crippen LogP contribution in [0.15, 0.2) is 18.2 Å². The van der Waals surface area contributed by atoms with Crippen LogP contribution in [0.2, 0.25) is 0 Å². The monoisotopic (exact) mass is 222 g/mol. The summed E-state index contributed by atoms with van der Waals surface area (Å²) < 4.78 is 5.74. The Bertz CT molecular complexity index is 392. The van der Waals surface area contributed by atoms with Crippen LogP contribution in [-0.2, 0) is 6.42 Å². The van der Waals surface area contributed by atoms with Gasteiger partial charge in [0.15, 0.2) is 5.17 Å². The predicted octanol–water partition coefficient (Wildman–Crippen LogP) is 1.93. The van der Waals surface area contributed by atoms with Crippen molar-refractivity contribution in [2.45, 2.75) is 19.4 Å². The average molecular weight is 222 g/mol. The minimum atomic E-state index is 0.158. The van der Waals surface area contributed by atoms with Gasteiger partial charge in [0, 0.05) is 12.2 Å². The van der Waals surface area contributed by atoms with Crippen LogP contribution in [-0.4, -0.2) is 17.0 Å². The quantitative estimate of drug-likeness (QED) is 0.593. The van der Waals surface area contributed by atoms with E-state index in [0.29, 0.717) is 0 Å². The Morgan fingerprint density at radius 2 is 2.47 bits per heavy atom. The van der Waals surface area contributed by atoms with E-state index in [2.05, 4.69) is 19.1 Å². The molecule has 15 heavy (non-hydrogen) atoms. The number of amidine groups is 1. The zero-order valence-corrected chi connectivity index (χ0v) is 9.43. The highest BCUT2D eigenvalue weighted by atomic mass is 32.2. The third-order valence-electron chi connectivity index (χ3n) is 2.38. The summed E-state index contributed by atoms with van der Waals surface area (Å²) >= 11 is 1.34. The van der Waals surface area contributed by atoms with E-state index in [9.17, 15) is 0 Å². The topological polar surface area (TPSA) is 59.1 Å². The fraction of sp³-hybridized carbons (Fsp3) is 0.364. The lowest BCUT2D eigenvalue weighted by atomic mass is 10.1. The third kappa shape index (κ3) is 2.45. The molecular weight excluding hydrogens is 208 g/mol. The summed E-state index contributed by atoms with van der Waals surface area (Å²) in [5, 5.41) is 7.30. The van der Waals surface area contributed by atoms with Gasteiger partial charge in [0.2, 0.25) is 0 Å². The van der Waals surface area contributed by atoms with Gasteiger partial charge in [0.25, 0.3) is 0 Å². The predicted molar refractivity (Wildman–Crippen MR) is 63.7 cm³/mol. The molecular formula is C11H14N2OS. The third-order valence-corrected chi connectivity index (χ3v) is 3.23. The lowest BCUT2D eigenvalue weighted by Gasteiger charge is -2.08. The highest BCUT2D eigenvalue weighted by Crippen LogP contribution is 2.30. The number of ether oxygens (including phenoxy) is 1. The van der Waals surface area contributed by atoms with Gasteiger partial charge in [-0.05, 0) is 18.6 Å². The molecule has 80 valence electrons. The molecule has 0 bridgehead atoms. The summed E-state index contributed by atoms with van der Waals surface area (Å²) in [5.41, 5.74) is 7.82. The Balaban J connectivity index is 2.00. The molecule has 0 radical (unpaired) electrons. The normalized spacial score (nSPS) is 18.3. The molecule has 3 nitrogen and oxygen atoms in total. The van der Waals surface area contributed by atoms with Crippen molar-refractivity contribution >= 4 is 16.9 Å². The van der Waals surface area contributed by atoms with E-state index in [1.807, 2.05) is 6.07 Å². The number of nitrogens with two attached hydrogens (primary N) is 1. The summed E-state index contributed by atoms with van der Waals surface area (Å²) in [6, 6.07) is 6.23. The summed E-state index contributed by atoms with van der Waals surface area (Å²) in [5.74, 6) is 1.73. The second kappa shape index (κ2) is 4.14. The summed E-state index contributed by atoms with van der Waals surface area (Å²) in [6.07, 6.45) is 1.09. The van der Waals surface area contributed by atoms with Crippen molar-refractivity contribution in [3.05, 3.63) is 29.3 Å². The van der Waals surface area contributed by atoms with Gasteiger partial charge in [-0.2, -0.15) is 0 Å². The van der Waals surface area contributed by atoms with Crippen LogP contribution in [0.5, 0.6) is 5.75 Å². The molecule has 1 atom stereocenters. The number of rotatable bonds is 2. The number of thioether (sulfide) groups is 1. The molecule has 0 saturated carbocycles. The Kier molecular flexibility index (Phi) is 2.86. The van der Waals surface area contributed by atoms with Gasteiger partial charge in [-0.3, -0.25) is 5.41 Å². The van der Waals surface area contributed by atoms with Gasteiger partial charge in [0.05, 0.1) is 0 Å². The molecule has 0 spiro atoms. The van der Waals surface area contributed by atoms with Crippen molar-refractivity contribution in [3.8, 4) is 5.75 Å². The van der Waals surface area contributed by atoms with Gasteiger partial charge in [0.1, 0.15) is 11.9 Å². The van der Waals surface area contributed by atoms with Gasteiger partial charge < -0.3 is 10.5 Å². The number of nitrogens with one attached hydrogen (secondary N) is 1. The Labute approximate surface area is 93.5 Å². The highest BCUT2D eigenvalue weighted by molar-refractivity contribution is 8.13. The zero-order valence-electron chi connectivity index (χ0n) is 8.62. The van der Waals surface area contributed by atoms with Crippen LogP contribution in [0.25, 0.3) is 0 Å². The van der Waals surface area contributed by atoms with E-state index >= 15 is 0 Å². The summed E-state index contributed by atoms with van der Waals surface area (Å²) in [4.78, 5) is 0. The molecule has 1 unspecified atom stereocenters. The number of hydrogen-bond acceptors (Lipinski definition) is 3. The van der Waals surface area contributed by atoms with Crippen LogP contribution in [0.4, 0.5) is 0 Å². The molecule has 1 aromatic carbocycles. The van der Waals surface area contributed by atoms with Crippen LogP contribution in [0.3, 0.4) is 0 Å². The summed E-state index contributed by atoms with van der Waals surface area (Å²) in [6.45, 7) is 2.08. The zero-order chi connectivity index (χ0) is 10.8. The van der Waals surface area contributed by atoms with Crippen LogP contribution < -0.4 is 10.5 Å². The molecule has 3 N–H and O–H groups in total. The molecule has 4 heteroatoms. The van der Waals surface area contributed by atoms with Crippen molar-refractivity contribution in [3.63, 3.8) is 0 Å². The van der Waals surface area contributed by atoms with Crippen LogP contribution in [0, 0.1) is 12.3 Å². The van der Waals surface area contributed by atoms with Crippen molar-refractivity contribution in [2.24, 2.45) is 5.73 Å². The molecule has 0 aromatic heterocycles. The van der Waals surface area contributed by atoms with Crippen molar-refractivity contribution in [1.29, 1.82) is 5.41 Å². The summed E-state index contributed by atoms with van der Waals surface area (Å²) in [7, 11) is 0. The molecule has 0 amide bonds. The first-order valence-corrected chi connectivity index (χ1v) is 5.86. The van der Waals surface area contributed by atoms with Crippen molar-refractivity contribution in [1.82, 2.24) is 0 Å². The van der Waals surface area contributed by atoms with Gasteiger partial charge >= 0.3 is 0 Å². The Morgan fingerprint density at radius 1 is 1.67 bits per heavy atom. The molecule has 0 aliphatic carbocycles. The van der Waals surface area contributed by atoms with E-state index in [0.717, 1.165) is 17.9 Å². The fourth-order valence-corrected chi connectivity index (χ4v) is 2.28. The minimum Gasteiger partial charge on any atom is -0.489 e. The fourth-order valence-electron chi connectivity index (χ4n) is 1.72. The lowest BCUT2D eigenvalue weighted by Crippen LogP contribution is -2.18. The maximum absolute atomic E-state index is 7.14. The van der Waals surface area contributed by atoms with Crippen molar-refractivity contribution < 1.29 is 4.74 Å². The second-order valence-electron chi connectivity index (χ2n) is 3.73. The van der Waals surface area contributed by atoms with Gasteiger partial charge in [-0.1, -0.05) is 29.5 Å². The molecule has 1 heterocycles.